The molecule has 6 nitrogen and oxygen atoms in total. The monoisotopic (exact) mass is 296 g/mol. The summed E-state index contributed by atoms with van der Waals surface area (Å²) in [5, 5.41) is 10.2. The maximum atomic E-state index is 10.2. The number of benzene rings is 1. The van der Waals surface area contributed by atoms with Gasteiger partial charge >= 0.3 is 0 Å². The predicted octanol–water partition coefficient (Wildman–Crippen LogP) is 0.848. The van der Waals surface area contributed by atoms with Crippen LogP contribution in [0.1, 0.15) is 11.9 Å². The summed E-state index contributed by atoms with van der Waals surface area (Å²) in [5.41, 5.74) is 0.925. The van der Waals surface area contributed by atoms with Gasteiger partial charge < -0.3 is 28.8 Å². The standard InChI is InChI=1S/C15H20O6/c1-17-13-11(16)15(18-2)20-10-8-19-14(21-12(10)13)9-6-4-3-5-7-9/h3-7,10-16H,8H2,1-2H3/t10-,11-,12-,13-,14?,15?/m1/s1. The molecule has 1 N–H and O–H groups in total. The minimum Gasteiger partial charge on any atom is -0.385 e. The number of methoxy groups -OCH3 is 2. The average molecular weight is 296 g/mol. The molecule has 0 saturated carbocycles. The van der Waals surface area contributed by atoms with Crippen LogP contribution in [-0.2, 0) is 23.7 Å². The van der Waals surface area contributed by atoms with Crippen molar-refractivity contribution in [3.05, 3.63) is 35.9 Å². The van der Waals surface area contributed by atoms with Crippen LogP contribution >= 0.6 is 0 Å². The Morgan fingerprint density at radius 1 is 1.10 bits per heavy atom. The van der Waals surface area contributed by atoms with Gasteiger partial charge in [-0.25, -0.2) is 0 Å². The number of aliphatic hydroxyl groups excluding tert-OH is 1. The Morgan fingerprint density at radius 3 is 2.52 bits per heavy atom. The molecule has 116 valence electrons. The van der Waals surface area contributed by atoms with Crippen molar-refractivity contribution in [2.24, 2.45) is 0 Å². The fourth-order valence-corrected chi connectivity index (χ4v) is 2.81. The zero-order chi connectivity index (χ0) is 14.8. The zero-order valence-electron chi connectivity index (χ0n) is 12.0. The molecule has 6 heteroatoms. The molecule has 0 bridgehead atoms. The lowest BCUT2D eigenvalue weighted by Gasteiger charge is -2.47. The first kappa shape index (κ1) is 14.9. The van der Waals surface area contributed by atoms with E-state index in [0.717, 1.165) is 5.56 Å². The van der Waals surface area contributed by atoms with E-state index < -0.39 is 30.9 Å². The first-order valence-corrected chi connectivity index (χ1v) is 6.95. The highest BCUT2D eigenvalue weighted by Gasteiger charge is 2.49. The summed E-state index contributed by atoms with van der Waals surface area (Å²) in [4.78, 5) is 0. The number of fused-ring (bicyclic) bond motifs is 1. The van der Waals surface area contributed by atoms with E-state index in [4.69, 9.17) is 23.7 Å². The molecule has 6 atom stereocenters. The molecule has 2 aliphatic heterocycles. The second-order valence-corrected chi connectivity index (χ2v) is 5.15. The molecule has 2 unspecified atom stereocenters. The van der Waals surface area contributed by atoms with E-state index in [1.54, 1.807) is 7.11 Å². The summed E-state index contributed by atoms with van der Waals surface area (Å²) in [7, 11) is 3.03. The molecule has 0 radical (unpaired) electrons. The molecule has 3 rings (SSSR count). The van der Waals surface area contributed by atoms with Gasteiger partial charge in [0.2, 0.25) is 0 Å². The Kier molecular flexibility index (Phi) is 4.54. The summed E-state index contributed by atoms with van der Waals surface area (Å²) in [6.45, 7) is 0.358. The van der Waals surface area contributed by atoms with Gasteiger partial charge in [-0.15, -0.1) is 0 Å². The summed E-state index contributed by atoms with van der Waals surface area (Å²) >= 11 is 0. The van der Waals surface area contributed by atoms with Crippen LogP contribution in [-0.4, -0.2) is 56.6 Å². The van der Waals surface area contributed by atoms with Crippen LogP contribution in [0.5, 0.6) is 0 Å². The number of ether oxygens (including phenoxy) is 5. The normalized spacial score (nSPS) is 39.8. The number of aliphatic hydroxyl groups is 1. The van der Waals surface area contributed by atoms with E-state index in [9.17, 15) is 5.11 Å². The van der Waals surface area contributed by atoms with Crippen LogP contribution in [0.4, 0.5) is 0 Å². The largest absolute Gasteiger partial charge is 0.385 e. The second-order valence-electron chi connectivity index (χ2n) is 5.15. The van der Waals surface area contributed by atoms with Gasteiger partial charge in [0.05, 0.1) is 6.61 Å². The Balaban J connectivity index is 1.77. The van der Waals surface area contributed by atoms with Crippen molar-refractivity contribution in [2.45, 2.75) is 37.0 Å². The van der Waals surface area contributed by atoms with Crippen molar-refractivity contribution in [2.75, 3.05) is 20.8 Å². The fourth-order valence-electron chi connectivity index (χ4n) is 2.81. The van der Waals surface area contributed by atoms with E-state index in [2.05, 4.69) is 0 Å². The molecule has 2 aliphatic rings. The fraction of sp³-hybridized carbons (Fsp3) is 0.600. The van der Waals surface area contributed by atoms with Gasteiger partial charge in [0.1, 0.15) is 24.4 Å². The lowest BCUT2D eigenvalue weighted by molar-refractivity contribution is -0.360. The Hall–Kier alpha value is -1.02. The molecule has 2 saturated heterocycles. The molecule has 0 spiro atoms. The maximum Gasteiger partial charge on any atom is 0.186 e. The van der Waals surface area contributed by atoms with Crippen LogP contribution < -0.4 is 0 Å². The highest BCUT2D eigenvalue weighted by Crippen LogP contribution is 2.35. The number of hydrogen-bond donors (Lipinski definition) is 1. The van der Waals surface area contributed by atoms with E-state index >= 15 is 0 Å². The summed E-state index contributed by atoms with van der Waals surface area (Å²) < 4.78 is 27.9. The van der Waals surface area contributed by atoms with Gasteiger partial charge in [0, 0.05) is 19.8 Å². The van der Waals surface area contributed by atoms with Crippen molar-refractivity contribution >= 4 is 0 Å². The van der Waals surface area contributed by atoms with Gasteiger partial charge in [-0.1, -0.05) is 30.3 Å². The average Bonchev–Trinajstić information content (AvgIpc) is 2.54. The van der Waals surface area contributed by atoms with Gasteiger partial charge in [-0.05, 0) is 0 Å². The minimum atomic E-state index is -0.907. The smallest absolute Gasteiger partial charge is 0.186 e. The lowest BCUT2D eigenvalue weighted by atomic mass is 9.97. The molecule has 0 aromatic heterocycles. The molecule has 0 aliphatic carbocycles. The third kappa shape index (κ3) is 2.83. The first-order chi connectivity index (χ1) is 10.2. The molecule has 0 amide bonds. The summed E-state index contributed by atoms with van der Waals surface area (Å²) in [6, 6.07) is 9.66. The van der Waals surface area contributed by atoms with Crippen molar-refractivity contribution in [1.82, 2.24) is 0 Å². The van der Waals surface area contributed by atoms with Crippen molar-refractivity contribution in [1.29, 1.82) is 0 Å². The van der Waals surface area contributed by atoms with Crippen LogP contribution in [0.25, 0.3) is 0 Å². The molecule has 21 heavy (non-hydrogen) atoms. The van der Waals surface area contributed by atoms with Gasteiger partial charge in [0.15, 0.2) is 12.6 Å². The molecular weight excluding hydrogens is 276 g/mol. The number of hydrogen-bond acceptors (Lipinski definition) is 6. The molecule has 2 fully saturated rings. The van der Waals surface area contributed by atoms with Crippen LogP contribution in [0, 0.1) is 0 Å². The lowest BCUT2D eigenvalue weighted by Crippen LogP contribution is -2.62. The van der Waals surface area contributed by atoms with Crippen LogP contribution in [0.15, 0.2) is 30.3 Å². The molecule has 2 heterocycles. The van der Waals surface area contributed by atoms with Crippen molar-refractivity contribution in [3.8, 4) is 0 Å². The Bertz CT molecular complexity index is 453. The number of rotatable bonds is 3. The van der Waals surface area contributed by atoms with E-state index in [1.165, 1.54) is 7.11 Å². The van der Waals surface area contributed by atoms with Crippen molar-refractivity contribution < 1.29 is 28.8 Å². The third-order valence-electron chi connectivity index (χ3n) is 3.88. The molecule has 1 aromatic rings. The second kappa shape index (κ2) is 6.39. The van der Waals surface area contributed by atoms with Crippen LogP contribution in [0.2, 0.25) is 0 Å². The van der Waals surface area contributed by atoms with Gasteiger partial charge in [-0.3, -0.25) is 0 Å². The van der Waals surface area contributed by atoms with Gasteiger partial charge in [-0.2, -0.15) is 0 Å². The third-order valence-corrected chi connectivity index (χ3v) is 3.88. The topological polar surface area (TPSA) is 66.4 Å². The minimum absolute atomic E-state index is 0.330. The zero-order valence-corrected chi connectivity index (χ0v) is 12.0. The van der Waals surface area contributed by atoms with E-state index in [0.29, 0.717) is 6.61 Å². The SMILES string of the molecule is COC1O[C@@H]2COC(c3ccccc3)O[C@H]2[C@H](OC)[C@H]1O. The quantitative estimate of drug-likeness (QED) is 0.892. The Morgan fingerprint density at radius 2 is 1.86 bits per heavy atom. The van der Waals surface area contributed by atoms with E-state index in [-0.39, 0.29) is 6.10 Å². The maximum absolute atomic E-state index is 10.2. The van der Waals surface area contributed by atoms with E-state index in [1.807, 2.05) is 30.3 Å². The van der Waals surface area contributed by atoms with Crippen molar-refractivity contribution in [3.63, 3.8) is 0 Å². The Labute approximate surface area is 123 Å². The molecular formula is C15H20O6. The van der Waals surface area contributed by atoms with Crippen LogP contribution in [0.3, 0.4) is 0 Å². The summed E-state index contributed by atoms with van der Waals surface area (Å²) in [6.07, 6.45) is -3.39. The highest BCUT2D eigenvalue weighted by atomic mass is 16.8. The predicted molar refractivity (Wildman–Crippen MR) is 72.5 cm³/mol. The first-order valence-electron chi connectivity index (χ1n) is 6.95. The summed E-state index contributed by atoms with van der Waals surface area (Å²) in [5.74, 6) is 0. The highest BCUT2D eigenvalue weighted by molar-refractivity contribution is 5.16. The van der Waals surface area contributed by atoms with Gasteiger partial charge in [0.25, 0.3) is 0 Å². The molecule has 1 aromatic carbocycles.